The van der Waals surface area contributed by atoms with E-state index in [2.05, 4.69) is 32.3 Å². The van der Waals surface area contributed by atoms with Gasteiger partial charge in [0, 0.05) is 36.0 Å². The molecular weight excluding hydrogens is 332 g/mol. The van der Waals surface area contributed by atoms with Gasteiger partial charge in [0.1, 0.15) is 5.82 Å². The van der Waals surface area contributed by atoms with Gasteiger partial charge in [-0.05, 0) is 42.7 Å². The summed E-state index contributed by atoms with van der Waals surface area (Å²) in [6.07, 6.45) is 5.50. The van der Waals surface area contributed by atoms with Crippen LogP contribution in [-0.4, -0.2) is 22.4 Å². The fourth-order valence-corrected chi connectivity index (χ4v) is 3.96. The molecule has 3 heterocycles. The van der Waals surface area contributed by atoms with Crippen molar-refractivity contribution in [3.63, 3.8) is 0 Å². The Morgan fingerprint density at radius 1 is 1.16 bits per heavy atom. The molecule has 2 aromatic heterocycles. The predicted octanol–water partition coefficient (Wildman–Crippen LogP) is 3.55. The van der Waals surface area contributed by atoms with Gasteiger partial charge in [0.25, 0.3) is 5.91 Å². The summed E-state index contributed by atoms with van der Waals surface area (Å²) in [6.45, 7) is 1.41. The Bertz CT molecular complexity index is 864. The van der Waals surface area contributed by atoms with E-state index < -0.39 is 0 Å². The minimum atomic E-state index is -0.121. The number of hydrogen-bond donors (Lipinski definition) is 1. The minimum Gasteiger partial charge on any atom is -0.346 e. The summed E-state index contributed by atoms with van der Waals surface area (Å²) in [5, 5.41) is 3.47. The van der Waals surface area contributed by atoms with E-state index in [-0.39, 0.29) is 5.91 Å². The molecule has 0 atom stereocenters. The number of aryl methyl sites for hydroxylation is 1. The van der Waals surface area contributed by atoms with Crippen molar-refractivity contribution in [3.05, 3.63) is 70.3 Å². The zero-order valence-electron chi connectivity index (χ0n) is 13.7. The van der Waals surface area contributed by atoms with Gasteiger partial charge in [-0.1, -0.05) is 18.2 Å². The van der Waals surface area contributed by atoms with E-state index in [9.17, 15) is 4.79 Å². The Labute approximate surface area is 150 Å². The molecule has 0 radical (unpaired) electrons. The van der Waals surface area contributed by atoms with Crippen molar-refractivity contribution in [2.24, 2.45) is 0 Å². The van der Waals surface area contributed by atoms with E-state index in [1.165, 1.54) is 16.2 Å². The third-order valence-corrected chi connectivity index (χ3v) is 5.29. The molecule has 0 spiro atoms. The van der Waals surface area contributed by atoms with Crippen LogP contribution in [0.15, 0.2) is 54.9 Å². The summed E-state index contributed by atoms with van der Waals surface area (Å²) < 4.78 is 0. The van der Waals surface area contributed by atoms with Crippen molar-refractivity contribution < 1.29 is 4.79 Å². The largest absolute Gasteiger partial charge is 0.346 e. The highest BCUT2D eigenvalue weighted by molar-refractivity contribution is 7.14. The van der Waals surface area contributed by atoms with Crippen LogP contribution in [0.5, 0.6) is 0 Å². The molecule has 25 heavy (non-hydrogen) atoms. The van der Waals surface area contributed by atoms with E-state index in [1.54, 1.807) is 12.4 Å². The Morgan fingerprint density at radius 2 is 1.96 bits per heavy atom. The molecule has 1 amide bonds. The Hall–Kier alpha value is -2.73. The molecule has 0 aliphatic carbocycles. The molecule has 1 aliphatic rings. The fourth-order valence-electron chi connectivity index (χ4n) is 2.94. The van der Waals surface area contributed by atoms with Crippen molar-refractivity contribution in [2.45, 2.75) is 19.4 Å². The standard InChI is InChI=1S/C19H18N4OS/c24-18(21-13-14-8-10-20-11-9-14)19-22-17-16(25-19)7-4-12-23(17)15-5-2-1-3-6-15/h1-3,5-6,8-11H,4,7,12-13H2,(H,21,24). The van der Waals surface area contributed by atoms with Gasteiger partial charge in [0.2, 0.25) is 0 Å². The number of amides is 1. The summed E-state index contributed by atoms with van der Waals surface area (Å²) in [5.41, 5.74) is 2.15. The lowest BCUT2D eigenvalue weighted by molar-refractivity contribution is 0.0950. The number of nitrogens with one attached hydrogen (secondary N) is 1. The first-order valence-corrected chi connectivity index (χ1v) is 9.12. The summed E-state index contributed by atoms with van der Waals surface area (Å²) in [5.74, 6) is 0.806. The average Bonchev–Trinajstić information content (AvgIpc) is 3.12. The van der Waals surface area contributed by atoms with Crippen molar-refractivity contribution in [3.8, 4) is 0 Å². The van der Waals surface area contributed by atoms with Gasteiger partial charge in [-0.3, -0.25) is 9.78 Å². The van der Waals surface area contributed by atoms with E-state index in [4.69, 9.17) is 0 Å². The van der Waals surface area contributed by atoms with Crippen LogP contribution >= 0.6 is 11.3 Å². The molecule has 1 N–H and O–H groups in total. The van der Waals surface area contributed by atoms with Crippen LogP contribution in [0.25, 0.3) is 0 Å². The summed E-state index contributed by atoms with van der Waals surface area (Å²) >= 11 is 1.50. The van der Waals surface area contributed by atoms with Gasteiger partial charge in [0.05, 0.1) is 0 Å². The third kappa shape index (κ3) is 3.39. The smallest absolute Gasteiger partial charge is 0.280 e. The Balaban J connectivity index is 1.53. The number of carbonyl (C=O) groups excluding carboxylic acids is 1. The summed E-state index contributed by atoms with van der Waals surface area (Å²) in [7, 11) is 0. The molecule has 126 valence electrons. The van der Waals surface area contributed by atoms with Crippen LogP contribution < -0.4 is 10.2 Å². The molecule has 3 aromatic rings. The number of aromatic nitrogens is 2. The number of rotatable bonds is 4. The monoisotopic (exact) mass is 350 g/mol. The van der Waals surface area contributed by atoms with Crippen LogP contribution in [0.4, 0.5) is 11.5 Å². The number of thiazole rings is 1. The number of nitrogens with zero attached hydrogens (tertiary/aromatic N) is 3. The van der Waals surface area contributed by atoms with Gasteiger partial charge < -0.3 is 10.2 Å². The molecule has 4 rings (SSSR count). The zero-order chi connectivity index (χ0) is 17.1. The normalized spacial score (nSPS) is 13.4. The molecule has 6 heteroatoms. The molecule has 0 saturated carbocycles. The Morgan fingerprint density at radius 3 is 2.76 bits per heavy atom. The molecule has 0 saturated heterocycles. The number of anilines is 2. The lowest BCUT2D eigenvalue weighted by Crippen LogP contribution is -2.25. The number of pyridine rings is 1. The third-order valence-electron chi connectivity index (χ3n) is 4.18. The maximum atomic E-state index is 12.5. The second kappa shape index (κ2) is 7.03. The predicted molar refractivity (Wildman–Crippen MR) is 99.3 cm³/mol. The number of benzene rings is 1. The van der Waals surface area contributed by atoms with Gasteiger partial charge in [0.15, 0.2) is 5.01 Å². The second-order valence-electron chi connectivity index (χ2n) is 5.89. The first-order chi connectivity index (χ1) is 12.3. The average molecular weight is 350 g/mol. The van der Waals surface area contributed by atoms with E-state index in [1.807, 2.05) is 30.3 Å². The summed E-state index contributed by atoms with van der Waals surface area (Å²) in [6, 6.07) is 14.0. The quantitative estimate of drug-likeness (QED) is 0.782. The van der Waals surface area contributed by atoms with E-state index >= 15 is 0 Å². The van der Waals surface area contributed by atoms with E-state index in [0.29, 0.717) is 11.6 Å². The van der Waals surface area contributed by atoms with Crippen LogP contribution in [0.2, 0.25) is 0 Å². The molecule has 0 unspecified atom stereocenters. The molecular formula is C19H18N4OS. The Kier molecular flexibility index (Phi) is 4.43. The van der Waals surface area contributed by atoms with Gasteiger partial charge in [-0.2, -0.15) is 0 Å². The van der Waals surface area contributed by atoms with Gasteiger partial charge >= 0.3 is 0 Å². The fraction of sp³-hybridized carbons (Fsp3) is 0.211. The zero-order valence-corrected chi connectivity index (χ0v) is 14.5. The van der Waals surface area contributed by atoms with Crippen LogP contribution in [0, 0.1) is 0 Å². The van der Waals surface area contributed by atoms with Crippen molar-refractivity contribution in [2.75, 3.05) is 11.4 Å². The lowest BCUT2D eigenvalue weighted by Gasteiger charge is -2.27. The van der Waals surface area contributed by atoms with Crippen LogP contribution in [0.1, 0.15) is 26.7 Å². The second-order valence-corrected chi connectivity index (χ2v) is 6.98. The summed E-state index contributed by atoms with van der Waals surface area (Å²) in [4.78, 5) is 24.5. The maximum Gasteiger partial charge on any atom is 0.280 e. The topological polar surface area (TPSA) is 58.1 Å². The highest BCUT2D eigenvalue weighted by atomic mass is 32.1. The molecule has 1 aromatic carbocycles. The van der Waals surface area contributed by atoms with Crippen molar-refractivity contribution >= 4 is 28.7 Å². The SMILES string of the molecule is O=C(NCc1ccncc1)c1nc2c(s1)CCCN2c1ccccc1. The molecule has 1 aliphatic heterocycles. The maximum absolute atomic E-state index is 12.5. The number of hydrogen-bond acceptors (Lipinski definition) is 5. The molecule has 5 nitrogen and oxygen atoms in total. The van der Waals surface area contributed by atoms with Crippen molar-refractivity contribution in [1.82, 2.24) is 15.3 Å². The van der Waals surface area contributed by atoms with Crippen molar-refractivity contribution in [1.29, 1.82) is 0 Å². The lowest BCUT2D eigenvalue weighted by atomic mass is 10.1. The molecule has 0 bridgehead atoms. The van der Waals surface area contributed by atoms with Crippen LogP contribution in [0.3, 0.4) is 0 Å². The highest BCUT2D eigenvalue weighted by Gasteiger charge is 2.25. The van der Waals surface area contributed by atoms with Crippen LogP contribution in [-0.2, 0) is 13.0 Å². The molecule has 0 fully saturated rings. The number of para-hydroxylation sites is 1. The van der Waals surface area contributed by atoms with Gasteiger partial charge in [-0.15, -0.1) is 11.3 Å². The first-order valence-electron chi connectivity index (χ1n) is 8.30. The number of fused-ring (bicyclic) bond motifs is 1. The van der Waals surface area contributed by atoms with E-state index in [0.717, 1.165) is 36.5 Å². The van der Waals surface area contributed by atoms with Gasteiger partial charge in [-0.25, -0.2) is 4.98 Å². The number of carbonyl (C=O) groups is 1. The highest BCUT2D eigenvalue weighted by Crippen LogP contribution is 2.36. The minimum absolute atomic E-state index is 0.121. The first kappa shape index (κ1) is 15.8.